The van der Waals surface area contributed by atoms with Gasteiger partial charge >= 0.3 is 5.97 Å². The van der Waals surface area contributed by atoms with Crippen LogP contribution in [-0.2, 0) is 29.6 Å². The molecule has 4 aromatic heterocycles. The van der Waals surface area contributed by atoms with Crippen molar-refractivity contribution in [2.24, 2.45) is 0 Å². The fraction of sp³-hybridized carbons (Fsp3) is 0.0789. The van der Waals surface area contributed by atoms with E-state index in [1.54, 1.807) is 194 Å². The molecule has 8 N–H and O–H groups in total. The topological polar surface area (TPSA) is 358 Å². The van der Waals surface area contributed by atoms with Gasteiger partial charge < -0.3 is 47.2 Å². The molecule has 0 unspecified atom stereocenters. The van der Waals surface area contributed by atoms with Gasteiger partial charge in [-0.3, -0.25) is 14.4 Å². The molecule has 3 amide bonds. The van der Waals surface area contributed by atoms with Gasteiger partial charge in [0, 0.05) is 105 Å². The number of rotatable bonds is 21. The number of amides is 3. The van der Waals surface area contributed by atoms with Gasteiger partial charge in [0.15, 0.2) is 0 Å². The fourth-order valence-corrected chi connectivity index (χ4v) is 13.0. The zero-order valence-corrected chi connectivity index (χ0v) is 58.6. The number of likely N-dealkylation sites (N-methyl/N-ethyl adjacent to an activating group) is 2. The van der Waals surface area contributed by atoms with E-state index in [4.69, 9.17) is 10.8 Å². The van der Waals surface area contributed by atoms with E-state index in [0.717, 1.165) is 6.08 Å². The quantitative estimate of drug-likeness (QED) is 0.0259. The van der Waals surface area contributed by atoms with Crippen molar-refractivity contribution in [1.29, 1.82) is 10.5 Å². The molecule has 0 atom stereocenters. The number of hydrogen-bond donors (Lipinski definition) is 7. The summed E-state index contributed by atoms with van der Waals surface area (Å²) in [4.78, 5) is 69.7. The van der Waals surface area contributed by atoms with Crippen molar-refractivity contribution in [3.8, 4) is 34.7 Å². The molecule has 4 heterocycles. The van der Waals surface area contributed by atoms with Crippen molar-refractivity contribution in [2.75, 3.05) is 73.6 Å². The van der Waals surface area contributed by atoms with Crippen LogP contribution in [0.25, 0.3) is 44.3 Å². The summed E-state index contributed by atoms with van der Waals surface area (Å²) in [6.07, 6.45) is 11.7. The number of benzene rings is 8. The minimum Gasteiger partial charge on any atom is -0.478 e. The van der Waals surface area contributed by atoms with Crippen LogP contribution in [0.5, 0.6) is 0 Å². The van der Waals surface area contributed by atoms with E-state index in [1.807, 2.05) is 38.0 Å². The Kier molecular flexibility index (Phi) is 24.7. The van der Waals surface area contributed by atoms with Crippen molar-refractivity contribution in [3.05, 3.63) is 278 Å². The predicted molar refractivity (Wildman–Crippen MR) is 405 cm³/mol. The highest BCUT2D eigenvalue weighted by molar-refractivity contribution is 7.90. The lowest BCUT2D eigenvalue weighted by Crippen LogP contribution is -2.13. The standard InChI is InChI=1S/C38H32N8O4S.C32H23N7O3S.C6H11NO2.ClH/c1-45(2)21-9-16-35(47)41-28-19-17-26(18-20-28)37(48)42-29-10-8-11-30(22-29)43-38-40-24-27(23-39)36(44-38)33-25-46(34-15-7-6-14-32(33)34)51(49,50)31-12-4-3-5-13-31;33-18-22-19-35-32(37-25-8-6-7-24(17-25)36-31(40)21-13-15-23(34)16-14-21)38-30(22)28-20-39(29-12-5-4-11-27(28)29)43(41,42)26-9-2-1-3-10-26;1-7(2)5-3-4-6(8)9;/h3-20,22,24-25H,21H2,1-2H3,(H,41,47)(H,42,48)(H,40,43,44);1-17,19-20H,34H2,(H,36,40)(H,35,37,38);3-4H,5H2,1-2H3,(H,8,9);1H/b16-9+;;4-3+;. The van der Waals surface area contributed by atoms with Gasteiger partial charge in [0.2, 0.25) is 17.8 Å². The highest BCUT2D eigenvalue weighted by atomic mass is 35.5. The van der Waals surface area contributed by atoms with E-state index in [0.29, 0.717) is 91.3 Å². The highest BCUT2D eigenvalue weighted by Gasteiger charge is 2.26. The lowest BCUT2D eigenvalue weighted by molar-refractivity contribution is -0.131. The van der Waals surface area contributed by atoms with Gasteiger partial charge in [-0.1, -0.05) is 97.1 Å². The molecule has 0 aliphatic carbocycles. The lowest BCUT2D eigenvalue weighted by atomic mass is 10.1. The van der Waals surface area contributed by atoms with Crippen molar-refractivity contribution < 1.29 is 41.1 Å². The van der Waals surface area contributed by atoms with Crippen LogP contribution in [0.4, 0.5) is 46.0 Å². The first-order valence-electron chi connectivity index (χ1n) is 31.4. The highest BCUT2D eigenvalue weighted by Crippen LogP contribution is 2.37. The maximum Gasteiger partial charge on any atom is 0.328 e. The number of hydrogen-bond acceptors (Lipinski definition) is 19. The summed E-state index contributed by atoms with van der Waals surface area (Å²) in [5.41, 5.74) is 12.5. The molecule has 524 valence electrons. The number of carboxylic acid groups (broad SMARTS) is 1. The van der Waals surface area contributed by atoms with Crippen LogP contribution in [0.2, 0.25) is 0 Å². The molecule has 0 spiro atoms. The molecule has 0 saturated carbocycles. The number of nitrogen functional groups attached to an aromatic ring is 1. The molecule has 12 aromatic rings. The zero-order chi connectivity index (χ0) is 73.2. The minimum absolute atomic E-state index is 0. The molecule has 28 heteroatoms. The SMILES string of the molecule is CN(C)C/C=C/C(=O)Nc1ccc(C(=O)Nc2cccc(Nc3ncc(C#N)c(-c4cn(S(=O)(=O)c5ccccc5)c5ccccc45)n3)c2)cc1.CN(C)C/C=C/C(=O)O.Cl.N#Cc1cnc(Nc2cccc(NC(=O)c3ccc(N)cc3)c2)nc1-c1cn(S(=O)(=O)c2ccccc2)c2ccccc12. The summed E-state index contributed by atoms with van der Waals surface area (Å²) in [5.74, 6) is -1.47. The number of anilines is 8. The summed E-state index contributed by atoms with van der Waals surface area (Å²) >= 11 is 0. The first kappa shape index (κ1) is 75.1. The number of para-hydroxylation sites is 2. The number of aromatic nitrogens is 6. The lowest BCUT2D eigenvalue weighted by Gasteiger charge is -2.10. The van der Waals surface area contributed by atoms with Crippen LogP contribution < -0.4 is 32.3 Å². The van der Waals surface area contributed by atoms with E-state index < -0.39 is 26.0 Å². The number of nitrogens with zero attached hydrogens (tertiary/aromatic N) is 10. The van der Waals surface area contributed by atoms with Gasteiger partial charge in [-0.2, -0.15) is 10.5 Å². The van der Waals surface area contributed by atoms with Crippen LogP contribution >= 0.6 is 12.4 Å². The number of carboxylic acids is 1. The largest absolute Gasteiger partial charge is 0.478 e. The Morgan fingerprint density at radius 2 is 0.894 bits per heavy atom. The number of carbonyl (C=O) groups is 4. The van der Waals surface area contributed by atoms with Crippen LogP contribution in [-0.4, -0.2) is 125 Å². The summed E-state index contributed by atoms with van der Waals surface area (Å²) < 4.78 is 56.9. The van der Waals surface area contributed by atoms with Crippen LogP contribution in [0.3, 0.4) is 0 Å². The average molecular weight is 1450 g/mol. The van der Waals surface area contributed by atoms with Gasteiger partial charge in [0.25, 0.3) is 31.9 Å². The fourth-order valence-electron chi connectivity index (χ4n) is 10.2. The minimum atomic E-state index is -3.96. The number of fused-ring (bicyclic) bond motifs is 2. The monoisotopic (exact) mass is 1450 g/mol. The Balaban J connectivity index is 0.000000216. The Morgan fingerprint density at radius 3 is 1.31 bits per heavy atom. The number of halogens is 1. The van der Waals surface area contributed by atoms with Gasteiger partial charge in [-0.25, -0.2) is 49.5 Å². The Labute approximate surface area is 605 Å². The van der Waals surface area contributed by atoms with E-state index in [1.165, 1.54) is 63.1 Å². The van der Waals surface area contributed by atoms with Crippen LogP contribution in [0.1, 0.15) is 31.8 Å². The molecular formula is C76H67ClN16O9S2. The number of nitriles is 2. The van der Waals surface area contributed by atoms with Gasteiger partial charge in [-0.15, -0.1) is 12.4 Å². The second-order valence-corrected chi connectivity index (χ2v) is 26.8. The molecule has 12 rings (SSSR count). The van der Waals surface area contributed by atoms with E-state index in [-0.39, 0.29) is 74.3 Å². The first-order valence-corrected chi connectivity index (χ1v) is 34.3. The molecule has 8 aromatic carbocycles. The van der Waals surface area contributed by atoms with Gasteiger partial charge in [0.1, 0.15) is 12.1 Å². The summed E-state index contributed by atoms with van der Waals surface area (Å²) in [7, 11) is -0.313. The molecule has 0 aliphatic rings. The smallest absolute Gasteiger partial charge is 0.328 e. The van der Waals surface area contributed by atoms with Crippen LogP contribution in [0.15, 0.2) is 265 Å². The molecule has 0 aliphatic heterocycles. The average Bonchev–Trinajstić information content (AvgIpc) is 1.60. The molecular weight excluding hydrogens is 1380 g/mol. The Hall–Kier alpha value is -13.2. The third-order valence-electron chi connectivity index (χ3n) is 15.1. The number of aliphatic carboxylic acids is 1. The molecule has 0 radical (unpaired) electrons. The predicted octanol–water partition coefficient (Wildman–Crippen LogP) is 12.7. The normalized spacial score (nSPS) is 11.2. The second-order valence-electron chi connectivity index (χ2n) is 23.2. The second kappa shape index (κ2) is 34.3. The van der Waals surface area contributed by atoms with Crippen molar-refractivity contribution in [2.45, 2.75) is 9.79 Å². The van der Waals surface area contributed by atoms with E-state index >= 15 is 0 Å². The Bertz CT molecular complexity index is 5510. The third-order valence-corrected chi connectivity index (χ3v) is 18.5. The van der Waals surface area contributed by atoms with Gasteiger partial charge in [0.05, 0.1) is 55.7 Å². The number of carbonyl (C=O) groups excluding carboxylic acids is 3. The molecule has 0 fully saturated rings. The maximum absolute atomic E-state index is 13.7. The summed E-state index contributed by atoms with van der Waals surface area (Å²) in [6.45, 7) is 1.31. The first-order chi connectivity index (χ1) is 49.6. The van der Waals surface area contributed by atoms with Crippen LogP contribution in [0, 0.1) is 22.7 Å². The van der Waals surface area contributed by atoms with Crippen molar-refractivity contribution in [1.82, 2.24) is 37.7 Å². The maximum atomic E-state index is 13.7. The zero-order valence-electron chi connectivity index (χ0n) is 56.2. The third kappa shape index (κ3) is 18.8. The molecule has 0 bridgehead atoms. The number of nitrogens with two attached hydrogens (primary N) is 1. The summed E-state index contributed by atoms with van der Waals surface area (Å²) in [6, 6.07) is 61.6. The number of nitrogens with one attached hydrogen (secondary N) is 5. The van der Waals surface area contributed by atoms with Crippen molar-refractivity contribution in [3.63, 3.8) is 0 Å². The van der Waals surface area contributed by atoms with E-state index in [9.17, 15) is 46.5 Å². The molecule has 25 nitrogen and oxygen atoms in total. The molecule has 0 saturated heterocycles. The van der Waals surface area contributed by atoms with Gasteiger partial charge in [-0.05, 0) is 150 Å². The van der Waals surface area contributed by atoms with E-state index in [2.05, 4.69) is 58.7 Å². The Morgan fingerprint density at radius 1 is 0.500 bits per heavy atom. The summed E-state index contributed by atoms with van der Waals surface area (Å²) in [5, 5.41) is 43.9. The van der Waals surface area contributed by atoms with Crippen molar-refractivity contribution >= 4 is 124 Å². The molecule has 104 heavy (non-hydrogen) atoms.